The molecule has 0 atom stereocenters. The first-order valence-electron chi connectivity index (χ1n) is 5.88. The van der Waals surface area contributed by atoms with Crippen molar-refractivity contribution in [2.24, 2.45) is 0 Å². The maximum atomic E-state index is 5.58. The van der Waals surface area contributed by atoms with Crippen molar-refractivity contribution < 1.29 is 9.47 Å². The van der Waals surface area contributed by atoms with Crippen molar-refractivity contribution in [3.63, 3.8) is 0 Å². The van der Waals surface area contributed by atoms with Gasteiger partial charge in [0, 0.05) is 32.5 Å². The van der Waals surface area contributed by atoms with E-state index in [2.05, 4.69) is 24.3 Å². The number of benzene rings is 3. The lowest BCUT2D eigenvalue weighted by atomic mass is 10.0. The topological polar surface area (TPSA) is 18.5 Å². The quantitative estimate of drug-likeness (QED) is 0.521. The molecule has 0 heterocycles. The van der Waals surface area contributed by atoms with E-state index < -0.39 is 0 Å². The lowest BCUT2D eigenvalue weighted by Gasteiger charge is -2.14. The van der Waals surface area contributed by atoms with Gasteiger partial charge in [-0.2, -0.15) is 0 Å². The van der Waals surface area contributed by atoms with Crippen molar-refractivity contribution in [1.29, 1.82) is 0 Å². The molecule has 0 aromatic heterocycles. The zero-order valence-electron chi connectivity index (χ0n) is 10.9. The fourth-order valence-corrected chi connectivity index (χ4v) is 2.49. The predicted molar refractivity (Wildman–Crippen MR) is 80.3 cm³/mol. The standard InChI is InChI=1S/C16H14O2.Si/c1-17-15-11-7-3-5-9-13(11)16(18-2)14-10-6-4-8-12(14)15;/h3-10H,1-2H3;. The van der Waals surface area contributed by atoms with Crippen LogP contribution in [0.25, 0.3) is 21.5 Å². The summed E-state index contributed by atoms with van der Waals surface area (Å²) in [5.41, 5.74) is 0. The van der Waals surface area contributed by atoms with Crippen LogP contribution in [0.4, 0.5) is 0 Å². The zero-order chi connectivity index (χ0) is 12.5. The number of fused-ring (bicyclic) bond motifs is 2. The molecule has 0 saturated heterocycles. The minimum Gasteiger partial charge on any atom is -0.495 e. The molecule has 94 valence electrons. The van der Waals surface area contributed by atoms with Crippen molar-refractivity contribution in [2.45, 2.75) is 0 Å². The third kappa shape index (κ3) is 1.96. The van der Waals surface area contributed by atoms with E-state index in [-0.39, 0.29) is 11.0 Å². The number of hydrogen-bond acceptors (Lipinski definition) is 2. The van der Waals surface area contributed by atoms with Gasteiger partial charge >= 0.3 is 0 Å². The summed E-state index contributed by atoms with van der Waals surface area (Å²) in [4.78, 5) is 0. The Bertz CT molecular complexity index is 603. The summed E-state index contributed by atoms with van der Waals surface area (Å²) < 4.78 is 11.2. The first kappa shape index (κ1) is 13.4. The van der Waals surface area contributed by atoms with Crippen LogP contribution in [0.5, 0.6) is 11.5 Å². The molecule has 3 heteroatoms. The first-order valence-corrected chi connectivity index (χ1v) is 5.88. The molecule has 19 heavy (non-hydrogen) atoms. The van der Waals surface area contributed by atoms with Crippen LogP contribution in [-0.4, -0.2) is 25.2 Å². The lowest BCUT2D eigenvalue weighted by Crippen LogP contribution is -1.92. The SMILES string of the molecule is COc1c2ccccc2c(OC)c2ccccc12.[Si]. The maximum absolute atomic E-state index is 5.58. The second-order valence-corrected chi connectivity index (χ2v) is 4.16. The van der Waals surface area contributed by atoms with Gasteiger partial charge in [0.25, 0.3) is 0 Å². The monoisotopic (exact) mass is 266 g/mol. The molecule has 2 nitrogen and oxygen atoms in total. The molecule has 0 N–H and O–H groups in total. The van der Waals surface area contributed by atoms with Crippen LogP contribution in [0.3, 0.4) is 0 Å². The molecule has 0 aliphatic heterocycles. The third-order valence-corrected chi connectivity index (χ3v) is 3.24. The smallest absolute Gasteiger partial charge is 0.134 e. The summed E-state index contributed by atoms with van der Waals surface area (Å²) in [6.45, 7) is 0. The van der Waals surface area contributed by atoms with Gasteiger partial charge in [0.1, 0.15) is 11.5 Å². The third-order valence-electron chi connectivity index (χ3n) is 3.24. The number of methoxy groups -OCH3 is 2. The van der Waals surface area contributed by atoms with Crippen molar-refractivity contribution >= 4 is 32.5 Å². The first-order chi connectivity index (χ1) is 8.86. The summed E-state index contributed by atoms with van der Waals surface area (Å²) in [5, 5.41) is 4.32. The molecule has 0 bridgehead atoms. The largest absolute Gasteiger partial charge is 0.495 e. The van der Waals surface area contributed by atoms with E-state index in [0.717, 1.165) is 33.0 Å². The Labute approximate surface area is 117 Å². The average molecular weight is 266 g/mol. The number of rotatable bonds is 2. The van der Waals surface area contributed by atoms with Gasteiger partial charge in [0.15, 0.2) is 0 Å². The highest BCUT2D eigenvalue weighted by molar-refractivity contribution is 6.10. The number of hydrogen-bond donors (Lipinski definition) is 0. The van der Waals surface area contributed by atoms with E-state index in [1.807, 2.05) is 24.3 Å². The van der Waals surface area contributed by atoms with Gasteiger partial charge in [-0.05, 0) is 0 Å². The molecule has 0 aliphatic rings. The van der Waals surface area contributed by atoms with Crippen molar-refractivity contribution in [2.75, 3.05) is 14.2 Å². The minimum atomic E-state index is 0. The molecule has 0 aliphatic carbocycles. The maximum Gasteiger partial charge on any atom is 0.134 e. The lowest BCUT2D eigenvalue weighted by molar-refractivity contribution is 0.417. The molecule has 3 rings (SSSR count). The summed E-state index contributed by atoms with van der Waals surface area (Å²) in [5.74, 6) is 1.81. The van der Waals surface area contributed by atoms with Gasteiger partial charge in [-0.15, -0.1) is 0 Å². The summed E-state index contributed by atoms with van der Waals surface area (Å²) in [7, 11) is 3.42. The van der Waals surface area contributed by atoms with Crippen LogP contribution >= 0.6 is 0 Å². The number of ether oxygens (including phenoxy) is 2. The molecular formula is C16H14O2Si. The van der Waals surface area contributed by atoms with E-state index in [0.29, 0.717) is 0 Å². The van der Waals surface area contributed by atoms with Crippen LogP contribution in [0.15, 0.2) is 48.5 Å². The van der Waals surface area contributed by atoms with Crippen molar-refractivity contribution in [3.05, 3.63) is 48.5 Å². The summed E-state index contributed by atoms with van der Waals surface area (Å²) in [6.07, 6.45) is 0. The van der Waals surface area contributed by atoms with Gasteiger partial charge < -0.3 is 9.47 Å². The highest BCUT2D eigenvalue weighted by Gasteiger charge is 2.13. The molecular weight excluding hydrogens is 252 g/mol. The van der Waals surface area contributed by atoms with Gasteiger partial charge in [0.2, 0.25) is 0 Å². The molecule has 0 unspecified atom stereocenters. The van der Waals surface area contributed by atoms with Gasteiger partial charge in [-0.3, -0.25) is 0 Å². The second kappa shape index (κ2) is 5.32. The van der Waals surface area contributed by atoms with E-state index >= 15 is 0 Å². The zero-order valence-corrected chi connectivity index (χ0v) is 11.9. The van der Waals surface area contributed by atoms with E-state index in [1.54, 1.807) is 14.2 Å². The molecule has 4 radical (unpaired) electrons. The molecule has 0 saturated carbocycles. The van der Waals surface area contributed by atoms with Gasteiger partial charge in [0.05, 0.1) is 14.2 Å². The Balaban J connectivity index is 0.00000133. The van der Waals surface area contributed by atoms with Crippen molar-refractivity contribution in [1.82, 2.24) is 0 Å². The Hall–Kier alpha value is -2.00. The Kier molecular flexibility index (Phi) is 3.76. The average Bonchev–Trinajstić information content (AvgIpc) is 2.44. The van der Waals surface area contributed by atoms with Crippen LogP contribution in [0.2, 0.25) is 0 Å². The van der Waals surface area contributed by atoms with Crippen LogP contribution < -0.4 is 9.47 Å². The highest BCUT2D eigenvalue weighted by atomic mass is 28.1. The predicted octanol–water partition coefficient (Wildman–Crippen LogP) is 3.63. The fourth-order valence-electron chi connectivity index (χ4n) is 2.49. The molecule has 0 fully saturated rings. The fraction of sp³-hybridized carbons (Fsp3) is 0.125. The highest BCUT2D eigenvalue weighted by Crippen LogP contribution is 2.41. The summed E-state index contributed by atoms with van der Waals surface area (Å²) in [6, 6.07) is 16.3. The van der Waals surface area contributed by atoms with E-state index in [1.165, 1.54) is 0 Å². The van der Waals surface area contributed by atoms with Gasteiger partial charge in [-0.1, -0.05) is 48.5 Å². The van der Waals surface area contributed by atoms with Crippen molar-refractivity contribution in [3.8, 4) is 11.5 Å². The normalized spacial score (nSPS) is 10.2. The van der Waals surface area contributed by atoms with E-state index in [4.69, 9.17) is 9.47 Å². The molecule has 0 amide bonds. The molecule has 0 spiro atoms. The van der Waals surface area contributed by atoms with E-state index in [9.17, 15) is 0 Å². The van der Waals surface area contributed by atoms with Crippen LogP contribution in [0, 0.1) is 0 Å². The Morgan fingerprint density at radius 1 is 0.579 bits per heavy atom. The minimum absolute atomic E-state index is 0. The Morgan fingerprint density at radius 2 is 0.842 bits per heavy atom. The summed E-state index contributed by atoms with van der Waals surface area (Å²) >= 11 is 0. The Morgan fingerprint density at radius 3 is 1.05 bits per heavy atom. The second-order valence-electron chi connectivity index (χ2n) is 4.16. The van der Waals surface area contributed by atoms with Crippen LogP contribution in [0.1, 0.15) is 0 Å². The molecule has 3 aromatic carbocycles. The van der Waals surface area contributed by atoms with Gasteiger partial charge in [-0.25, -0.2) is 0 Å². The van der Waals surface area contributed by atoms with Crippen LogP contribution in [-0.2, 0) is 0 Å². The molecule has 3 aromatic rings.